The first kappa shape index (κ1) is 15.6. The van der Waals surface area contributed by atoms with Crippen LogP contribution < -0.4 is 16.0 Å². The van der Waals surface area contributed by atoms with Crippen molar-refractivity contribution < 1.29 is 24.5 Å². The number of amides is 4. The number of urea groups is 1. The smallest absolute Gasteiger partial charge is 0.319 e. The third-order valence-electron chi connectivity index (χ3n) is 2.17. The molecule has 0 radical (unpaired) electrons. The summed E-state index contributed by atoms with van der Waals surface area (Å²) >= 11 is 0. The summed E-state index contributed by atoms with van der Waals surface area (Å²) in [6, 6.07) is 5.98. The van der Waals surface area contributed by atoms with E-state index < -0.39 is 17.8 Å². The summed E-state index contributed by atoms with van der Waals surface area (Å²) in [4.78, 5) is 37.1. The number of benzene rings is 1. The van der Waals surface area contributed by atoms with Gasteiger partial charge in [0, 0.05) is 12.6 Å². The van der Waals surface area contributed by atoms with Crippen molar-refractivity contribution in [3.8, 4) is 0 Å². The summed E-state index contributed by atoms with van der Waals surface area (Å²) in [6.07, 6.45) is 0. The Bertz CT molecular complexity index is 486. The first-order valence-corrected chi connectivity index (χ1v) is 5.72. The minimum absolute atomic E-state index is 0.0533. The molecule has 8 heteroatoms. The van der Waals surface area contributed by atoms with Gasteiger partial charge in [-0.1, -0.05) is 12.1 Å². The van der Waals surface area contributed by atoms with Crippen molar-refractivity contribution in [3.63, 3.8) is 0 Å². The molecular formula is C12H15N3O5. The lowest BCUT2D eigenvalue weighted by Crippen LogP contribution is -2.40. The van der Waals surface area contributed by atoms with Gasteiger partial charge in [0.05, 0.1) is 6.54 Å². The van der Waals surface area contributed by atoms with Gasteiger partial charge >= 0.3 is 6.03 Å². The third kappa shape index (κ3) is 5.94. The highest BCUT2D eigenvalue weighted by atomic mass is 17.1. The molecule has 0 saturated heterocycles. The normalized spacial score (nSPS) is 9.70. The van der Waals surface area contributed by atoms with E-state index >= 15 is 0 Å². The average molecular weight is 281 g/mol. The van der Waals surface area contributed by atoms with Gasteiger partial charge in [0.1, 0.15) is 6.61 Å². The van der Waals surface area contributed by atoms with Crippen LogP contribution in [0.5, 0.6) is 0 Å². The Kier molecular flexibility index (Phi) is 6.14. The Morgan fingerprint density at radius 1 is 1.20 bits per heavy atom. The van der Waals surface area contributed by atoms with Crippen molar-refractivity contribution in [1.82, 2.24) is 10.6 Å². The molecule has 0 bridgehead atoms. The van der Waals surface area contributed by atoms with E-state index in [1.807, 2.05) is 5.32 Å². The van der Waals surface area contributed by atoms with Gasteiger partial charge < -0.3 is 10.6 Å². The van der Waals surface area contributed by atoms with Crippen LogP contribution in [0.25, 0.3) is 0 Å². The average Bonchev–Trinajstić information content (AvgIpc) is 2.38. The van der Waals surface area contributed by atoms with Gasteiger partial charge in [-0.3, -0.25) is 20.2 Å². The standard InChI is InChI=1S/C12H15N3O5/c1-8(16)14-11(17)6-13-12(18)15-10-4-2-9(3-5-10)7-20-19/h2-5,19H,6-7H2,1H3,(H2,13,15,18)(H,14,16,17). The molecule has 0 aliphatic rings. The van der Waals surface area contributed by atoms with Gasteiger partial charge in [0.15, 0.2) is 0 Å². The molecule has 108 valence electrons. The number of hydrogen-bond donors (Lipinski definition) is 4. The van der Waals surface area contributed by atoms with E-state index in [0.29, 0.717) is 5.69 Å². The zero-order chi connectivity index (χ0) is 15.0. The molecule has 0 saturated carbocycles. The number of anilines is 1. The molecule has 1 aromatic carbocycles. The molecule has 0 fully saturated rings. The van der Waals surface area contributed by atoms with Crippen LogP contribution in [0.1, 0.15) is 12.5 Å². The van der Waals surface area contributed by atoms with Crippen LogP contribution in [0.2, 0.25) is 0 Å². The van der Waals surface area contributed by atoms with Crippen LogP contribution >= 0.6 is 0 Å². The van der Waals surface area contributed by atoms with E-state index in [1.54, 1.807) is 24.3 Å². The summed E-state index contributed by atoms with van der Waals surface area (Å²) in [5, 5.41) is 15.1. The molecule has 0 aromatic heterocycles. The highest BCUT2D eigenvalue weighted by molar-refractivity contribution is 5.97. The van der Waals surface area contributed by atoms with Gasteiger partial charge in [-0.25, -0.2) is 9.68 Å². The predicted molar refractivity (Wildman–Crippen MR) is 69.7 cm³/mol. The van der Waals surface area contributed by atoms with Gasteiger partial charge in [-0.15, -0.1) is 0 Å². The quantitative estimate of drug-likeness (QED) is 0.462. The fourth-order valence-electron chi connectivity index (χ4n) is 1.34. The molecule has 4 amide bonds. The highest BCUT2D eigenvalue weighted by Crippen LogP contribution is 2.09. The van der Waals surface area contributed by atoms with E-state index in [0.717, 1.165) is 5.56 Å². The molecule has 0 spiro atoms. The van der Waals surface area contributed by atoms with Crippen LogP contribution in [0.4, 0.5) is 10.5 Å². The molecule has 4 N–H and O–H groups in total. The molecule has 20 heavy (non-hydrogen) atoms. The second kappa shape index (κ2) is 7.87. The summed E-state index contributed by atoms with van der Waals surface area (Å²) in [7, 11) is 0. The lowest BCUT2D eigenvalue weighted by Gasteiger charge is -2.07. The molecule has 0 heterocycles. The van der Waals surface area contributed by atoms with E-state index in [4.69, 9.17) is 5.26 Å². The van der Waals surface area contributed by atoms with Gasteiger partial charge in [0.2, 0.25) is 11.8 Å². The summed E-state index contributed by atoms with van der Waals surface area (Å²) in [5.41, 5.74) is 1.25. The fraction of sp³-hybridized carbons (Fsp3) is 0.250. The maximum atomic E-state index is 11.5. The minimum Gasteiger partial charge on any atom is -0.329 e. The minimum atomic E-state index is -0.594. The van der Waals surface area contributed by atoms with Crippen molar-refractivity contribution >= 4 is 23.5 Å². The van der Waals surface area contributed by atoms with Gasteiger partial charge in [-0.2, -0.15) is 0 Å². The summed E-state index contributed by atoms with van der Waals surface area (Å²) < 4.78 is 0. The number of carbonyl (C=O) groups excluding carboxylic acids is 3. The number of nitrogens with one attached hydrogen (secondary N) is 3. The van der Waals surface area contributed by atoms with Gasteiger partial charge in [0.25, 0.3) is 0 Å². The summed E-state index contributed by atoms with van der Waals surface area (Å²) in [5.74, 6) is -1.08. The van der Waals surface area contributed by atoms with Crippen LogP contribution in [0.15, 0.2) is 24.3 Å². The SMILES string of the molecule is CC(=O)NC(=O)CNC(=O)Nc1ccc(COO)cc1. The van der Waals surface area contributed by atoms with Crippen molar-refractivity contribution in [2.24, 2.45) is 0 Å². The Morgan fingerprint density at radius 2 is 1.85 bits per heavy atom. The van der Waals surface area contributed by atoms with Crippen molar-refractivity contribution in [2.45, 2.75) is 13.5 Å². The van der Waals surface area contributed by atoms with Crippen LogP contribution in [0, 0.1) is 0 Å². The lowest BCUT2D eigenvalue weighted by molar-refractivity contribution is -0.253. The molecule has 1 aromatic rings. The van der Waals surface area contributed by atoms with E-state index in [-0.39, 0.29) is 13.2 Å². The first-order valence-electron chi connectivity index (χ1n) is 5.72. The Hall–Kier alpha value is -2.45. The predicted octanol–water partition coefficient (Wildman–Crippen LogP) is 0.460. The topological polar surface area (TPSA) is 117 Å². The number of rotatable bonds is 5. The Balaban J connectivity index is 2.38. The van der Waals surface area contributed by atoms with Crippen LogP contribution in [-0.2, 0) is 21.1 Å². The van der Waals surface area contributed by atoms with E-state index in [9.17, 15) is 14.4 Å². The van der Waals surface area contributed by atoms with E-state index in [1.165, 1.54) is 6.92 Å². The number of hydrogen-bond acceptors (Lipinski definition) is 5. The van der Waals surface area contributed by atoms with Gasteiger partial charge in [-0.05, 0) is 17.7 Å². The lowest BCUT2D eigenvalue weighted by atomic mass is 10.2. The highest BCUT2D eigenvalue weighted by Gasteiger charge is 2.06. The first-order chi connectivity index (χ1) is 9.51. The molecular weight excluding hydrogens is 266 g/mol. The molecule has 0 atom stereocenters. The third-order valence-corrected chi connectivity index (χ3v) is 2.17. The monoisotopic (exact) mass is 281 g/mol. The van der Waals surface area contributed by atoms with Crippen molar-refractivity contribution in [1.29, 1.82) is 0 Å². The second-order valence-corrected chi connectivity index (χ2v) is 3.88. The molecule has 0 aliphatic carbocycles. The molecule has 0 unspecified atom stereocenters. The zero-order valence-corrected chi connectivity index (χ0v) is 10.8. The molecule has 0 aliphatic heterocycles. The number of carbonyl (C=O) groups is 3. The van der Waals surface area contributed by atoms with Crippen molar-refractivity contribution in [3.05, 3.63) is 29.8 Å². The largest absolute Gasteiger partial charge is 0.329 e. The molecule has 8 nitrogen and oxygen atoms in total. The second-order valence-electron chi connectivity index (χ2n) is 3.88. The van der Waals surface area contributed by atoms with Crippen LogP contribution in [0.3, 0.4) is 0 Å². The fourth-order valence-corrected chi connectivity index (χ4v) is 1.34. The van der Waals surface area contributed by atoms with Crippen LogP contribution in [-0.4, -0.2) is 29.6 Å². The maximum Gasteiger partial charge on any atom is 0.319 e. The molecule has 1 rings (SSSR count). The summed E-state index contributed by atoms with van der Waals surface area (Å²) in [6.45, 7) is 0.954. The van der Waals surface area contributed by atoms with Crippen molar-refractivity contribution in [2.75, 3.05) is 11.9 Å². The Morgan fingerprint density at radius 3 is 2.40 bits per heavy atom. The zero-order valence-electron chi connectivity index (χ0n) is 10.8. The Labute approximate surface area is 115 Å². The maximum absolute atomic E-state index is 11.5. The van der Waals surface area contributed by atoms with E-state index in [2.05, 4.69) is 15.5 Å². The number of imide groups is 1.